The first kappa shape index (κ1) is 8.90. The zero-order chi connectivity index (χ0) is 2.71. The Hall–Kier alpha value is 0.178. The van der Waals surface area contributed by atoms with E-state index in [2.05, 4.69) is 0 Å². The average Bonchev–Trinajstić information content (AvgIpc) is 0.918. The fraction of sp³-hybridized carbons (Fsp3) is 0. The van der Waals surface area contributed by atoms with Crippen molar-refractivity contribution in [1.82, 2.24) is 0 Å². The second-order valence-corrected chi connectivity index (χ2v) is 0.822. The normalized spacial score (nSPS) is 2.25. The van der Waals surface area contributed by atoms with E-state index in [4.69, 9.17) is 5.26 Å². The van der Waals surface area contributed by atoms with E-state index in [1.54, 1.807) is 0 Å². The van der Waals surface area contributed by atoms with Gasteiger partial charge >= 0.3 is 28.2 Å². The maximum atomic E-state index is 7.38. The standard InChI is InChI=1S/CN.BH3.Zn/c1-2;;/h;1H3;. The van der Waals surface area contributed by atoms with Crippen LogP contribution in [-0.2, 0) is 18.3 Å². The van der Waals surface area contributed by atoms with Crippen LogP contribution < -0.4 is 0 Å². The maximum absolute atomic E-state index is 7.38. The van der Waals surface area contributed by atoms with Crippen molar-refractivity contribution in [3.05, 3.63) is 0 Å². The molecule has 0 rings (SSSR count). The molecule has 0 radical (unpaired) electrons. The predicted molar refractivity (Wildman–Crippen MR) is 15.6 cm³/mol. The fourth-order valence-electron chi connectivity index (χ4n) is 0. The molecule has 17 valence electrons. The molecule has 0 aromatic carbocycles. The summed E-state index contributed by atoms with van der Waals surface area (Å²) in [6.45, 7) is 0. The van der Waals surface area contributed by atoms with Crippen molar-refractivity contribution in [3.8, 4) is 4.66 Å². The van der Waals surface area contributed by atoms with E-state index in [0.717, 1.165) is 18.3 Å². The molecule has 1 nitrogen and oxygen atoms in total. The molecule has 0 bridgehead atoms. The molecule has 0 heterocycles. The van der Waals surface area contributed by atoms with Gasteiger partial charge in [0.2, 0.25) is 0 Å². The molecule has 0 aliphatic rings. The molecule has 0 aliphatic carbocycles. The van der Waals surface area contributed by atoms with Gasteiger partial charge in [0.1, 0.15) is 0 Å². The van der Waals surface area contributed by atoms with Crippen molar-refractivity contribution in [2.75, 3.05) is 0 Å². The topological polar surface area (TPSA) is 23.8 Å². The first-order valence-electron chi connectivity index (χ1n) is 0.577. The van der Waals surface area contributed by atoms with Gasteiger partial charge in [-0.3, -0.25) is 0 Å². The van der Waals surface area contributed by atoms with Gasteiger partial charge < -0.3 is 0 Å². The fourth-order valence-corrected chi connectivity index (χ4v) is 0. The van der Waals surface area contributed by atoms with Crippen LogP contribution in [0.3, 0.4) is 0 Å². The van der Waals surface area contributed by atoms with Crippen molar-refractivity contribution in [2.24, 2.45) is 0 Å². The third-order valence-corrected chi connectivity index (χ3v) is 0. The molecule has 0 aromatic heterocycles. The van der Waals surface area contributed by atoms with Crippen molar-refractivity contribution in [1.29, 1.82) is 5.26 Å². The van der Waals surface area contributed by atoms with Gasteiger partial charge in [-0.15, -0.1) is 0 Å². The third-order valence-electron chi connectivity index (χ3n) is 0. The van der Waals surface area contributed by atoms with E-state index < -0.39 is 0 Å². The Kier molecular flexibility index (Phi) is 24.2. The number of nitrogens with zero attached hydrogens (tertiary/aromatic N) is 1. The summed E-state index contributed by atoms with van der Waals surface area (Å²) < 4.78 is 1.88. The second kappa shape index (κ2) is 10.9. The Morgan fingerprint density at radius 2 is 1.75 bits per heavy atom. The summed E-state index contributed by atoms with van der Waals surface area (Å²) in [5, 5.41) is 7.38. The van der Waals surface area contributed by atoms with E-state index >= 15 is 0 Å². The summed E-state index contributed by atoms with van der Waals surface area (Å²) in [7, 11) is 0. The van der Waals surface area contributed by atoms with Crippen LogP contribution in [0.15, 0.2) is 0 Å². The molecule has 0 N–H and O–H groups in total. The Morgan fingerprint density at radius 3 is 1.75 bits per heavy atom. The van der Waals surface area contributed by atoms with E-state index in [0.29, 0.717) is 0 Å². The summed E-state index contributed by atoms with van der Waals surface area (Å²) in [5.74, 6) is 0. The van der Waals surface area contributed by atoms with E-state index in [1.165, 1.54) is 0 Å². The molecule has 0 spiro atoms. The minimum atomic E-state index is 0. The minimum absolute atomic E-state index is 0. The predicted octanol–water partition coefficient (Wildman–Crippen LogP) is -1.17. The summed E-state index contributed by atoms with van der Waals surface area (Å²) in [4.78, 5) is 0. The molecule has 0 amide bonds. The van der Waals surface area contributed by atoms with Gasteiger partial charge in [0.25, 0.3) is 0 Å². The first-order valence-corrected chi connectivity index (χ1v) is 2.06. The average molecular weight is 105 g/mol. The second-order valence-electron chi connectivity index (χ2n) is 0.158. The molecule has 0 saturated heterocycles. The molecule has 0 saturated carbocycles. The molecule has 0 atom stereocenters. The van der Waals surface area contributed by atoms with Crippen LogP contribution in [0.1, 0.15) is 0 Å². The van der Waals surface area contributed by atoms with Crippen LogP contribution in [0.25, 0.3) is 0 Å². The van der Waals surface area contributed by atoms with Gasteiger partial charge in [-0.25, -0.2) is 0 Å². The molecule has 4 heavy (non-hydrogen) atoms. The molecular weight excluding hydrogens is 102 g/mol. The van der Waals surface area contributed by atoms with Crippen LogP contribution in [0.2, 0.25) is 0 Å². The quantitative estimate of drug-likeness (QED) is 0.356. The van der Waals surface area contributed by atoms with Crippen molar-refractivity contribution in [3.63, 3.8) is 0 Å². The van der Waals surface area contributed by atoms with Crippen molar-refractivity contribution in [2.45, 2.75) is 0 Å². The Morgan fingerprint density at radius 1 is 1.75 bits per heavy atom. The van der Waals surface area contributed by atoms with Gasteiger partial charge in [0, 0.05) is 0 Å². The van der Waals surface area contributed by atoms with Crippen LogP contribution in [0.5, 0.6) is 0 Å². The van der Waals surface area contributed by atoms with E-state index in [9.17, 15) is 0 Å². The Labute approximate surface area is 37.3 Å². The van der Waals surface area contributed by atoms with Gasteiger partial charge in [0.15, 0.2) is 0 Å². The number of hydrogen-bond acceptors (Lipinski definition) is 1. The zero-order valence-corrected chi connectivity index (χ0v) is 4.62. The summed E-state index contributed by atoms with van der Waals surface area (Å²) in [5.41, 5.74) is 0. The van der Waals surface area contributed by atoms with Crippen LogP contribution in [-0.4, -0.2) is 8.41 Å². The molecule has 0 unspecified atom stereocenters. The molecular formula is CH3BNZn. The zero-order valence-electron chi connectivity index (χ0n) is 1.65. The van der Waals surface area contributed by atoms with E-state index in [-0.39, 0.29) is 8.41 Å². The first-order chi connectivity index (χ1) is 1.41. The summed E-state index contributed by atoms with van der Waals surface area (Å²) >= 11 is 0.750. The van der Waals surface area contributed by atoms with E-state index in [1.807, 2.05) is 4.66 Å². The third kappa shape index (κ3) is 95.1. The Bertz CT molecular complexity index is 29.5. The monoisotopic (exact) mass is 104 g/mol. The van der Waals surface area contributed by atoms with Crippen LogP contribution in [0, 0.1) is 9.93 Å². The molecule has 0 fully saturated rings. The van der Waals surface area contributed by atoms with Crippen LogP contribution in [0.4, 0.5) is 0 Å². The van der Waals surface area contributed by atoms with Crippen LogP contribution >= 0.6 is 0 Å². The van der Waals surface area contributed by atoms with Crippen molar-refractivity contribution < 1.29 is 18.3 Å². The summed E-state index contributed by atoms with van der Waals surface area (Å²) in [6.07, 6.45) is 0. The molecule has 0 aliphatic heterocycles. The molecule has 3 heteroatoms. The van der Waals surface area contributed by atoms with Gasteiger partial charge in [0.05, 0.1) is 8.41 Å². The number of rotatable bonds is 0. The number of nitriles is 1. The van der Waals surface area contributed by atoms with Gasteiger partial charge in [-0.1, -0.05) is 0 Å². The summed E-state index contributed by atoms with van der Waals surface area (Å²) in [6, 6.07) is 0. The molecule has 0 aromatic rings. The Balaban J connectivity index is 0. The SMILES string of the molecule is B.N#[C][Zn]. The van der Waals surface area contributed by atoms with Crippen molar-refractivity contribution >= 4 is 8.41 Å². The van der Waals surface area contributed by atoms with Gasteiger partial charge in [-0.2, -0.15) is 0 Å². The van der Waals surface area contributed by atoms with Gasteiger partial charge in [-0.05, 0) is 0 Å². The number of hydrogen-bond donors (Lipinski definition) is 0.